The maximum Gasteiger partial charge on any atom is 0.410 e. The fourth-order valence-corrected chi connectivity index (χ4v) is 4.96. The molecule has 8 nitrogen and oxygen atoms in total. The van der Waals surface area contributed by atoms with E-state index >= 15 is 0 Å². The van der Waals surface area contributed by atoms with Crippen molar-refractivity contribution in [3.05, 3.63) is 64.8 Å². The Morgan fingerprint density at radius 3 is 2.64 bits per heavy atom. The molecule has 3 N–H and O–H groups in total. The second-order valence-electron chi connectivity index (χ2n) is 10.7. The van der Waals surface area contributed by atoms with Gasteiger partial charge in [-0.1, -0.05) is 35.9 Å². The minimum absolute atomic E-state index is 0.00827. The Hall–Kier alpha value is -3.78. The quantitative estimate of drug-likeness (QED) is 0.350. The van der Waals surface area contributed by atoms with E-state index < -0.39 is 11.7 Å². The standard InChI is InChI=1S/C30H35ClN4O4/c1-18-22(7-6-8-24(18)32)23-13-14-33-28(27(23)31)19-9-10-20(25(15-19)38-5)16-35(29(37)39-30(2,3)4)17-21-11-12-26(36)34-21/h6-10,13-15,21H,11-12,16-17,32H2,1-5H3,(H,34,36)/t21-/m0/s1. The van der Waals surface area contributed by atoms with Crippen molar-refractivity contribution in [1.29, 1.82) is 0 Å². The third-order valence-corrected chi connectivity index (χ3v) is 7.04. The van der Waals surface area contributed by atoms with Crippen LogP contribution in [-0.2, 0) is 16.1 Å². The molecule has 0 spiro atoms. The fourth-order valence-electron chi connectivity index (χ4n) is 4.64. The molecule has 206 valence electrons. The maximum atomic E-state index is 13.1. The van der Waals surface area contributed by atoms with Crippen molar-refractivity contribution in [2.24, 2.45) is 0 Å². The van der Waals surface area contributed by atoms with Crippen LogP contribution >= 0.6 is 11.6 Å². The molecular weight excluding hydrogens is 516 g/mol. The number of hydrogen-bond acceptors (Lipinski definition) is 6. The summed E-state index contributed by atoms with van der Waals surface area (Å²) in [4.78, 5) is 31.0. The molecule has 2 aromatic carbocycles. The van der Waals surface area contributed by atoms with Crippen LogP contribution in [0.4, 0.5) is 10.5 Å². The summed E-state index contributed by atoms with van der Waals surface area (Å²) >= 11 is 6.88. The third kappa shape index (κ3) is 6.63. The van der Waals surface area contributed by atoms with E-state index in [-0.39, 0.29) is 18.5 Å². The number of amides is 2. The summed E-state index contributed by atoms with van der Waals surface area (Å²) in [6.07, 6.45) is 2.39. The predicted octanol–water partition coefficient (Wildman–Crippen LogP) is 5.98. The first-order valence-corrected chi connectivity index (χ1v) is 13.3. The summed E-state index contributed by atoms with van der Waals surface area (Å²) in [6, 6.07) is 13.2. The van der Waals surface area contributed by atoms with Gasteiger partial charge in [-0.15, -0.1) is 0 Å². The van der Waals surface area contributed by atoms with Crippen molar-refractivity contribution in [2.75, 3.05) is 19.4 Å². The highest BCUT2D eigenvalue weighted by Crippen LogP contribution is 2.38. The van der Waals surface area contributed by atoms with Crippen molar-refractivity contribution in [2.45, 2.75) is 58.7 Å². The number of nitrogens with zero attached hydrogens (tertiary/aromatic N) is 2. The summed E-state index contributed by atoms with van der Waals surface area (Å²) in [6.45, 7) is 8.02. The molecule has 0 radical (unpaired) electrons. The highest BCUT2D eigenvalue weighted by molar-refractivity contribution is 6.35. The molecule has 0 bridgehead atoms. The van der Waals surface area contributed by atoms with E-state index in [4.69, 9.17) is 26.8 Å². The number of carbonyl (C=O) groups excluding carboxylic acids is 2. The Labute approximate surface area is 234 Å². The Bertz CT molecular complexity index is 1390. The van der Waals surface area contributed by atoms with Gasteiger partial charge in [-0.3, -0.25) is 9.78 Å². The molecule has 1 atom stereocenters. The largest absolute Gasteiger partial charge is 0.496 e. The number of hydrogen-bond donors (Lipinski definition) is 2. The number of halogens is 1. The van der Waals surface area contributed by atoms with Crippen LogP contribution in [0.5, 0.6) is 5.75 Å². The highest BCUT2D eigenvalue weighted by Gasteiger charge is 2.29. The molecule has 0 aliphatic carbocycles. The van der Waals surface area contributed by atoms with Crippen LogP contribution < -0.4 is 15.8 Å². The van der Waals surface area contributed by atoms with Gasteiger partial charge in [0.2, 0.25) is 5.91 Å². The lowest BCUT2D eigenvalue weighted by Gasteiger charge is -2.29. The third-order valence-electron chi connectivity index (χ3n) is 6.65. The van der Waals surface area contributed by atoms with Gasteiger partial charge in [-0.2, -0.15) is 0 Å². The molecule has 39 heavy (non-hydrogen) atoms. The van der Waals surface area contributed by atoms with Crippen LogP contribution in [0, 0.1) is 6.92 Å². The van der Waals surface area contributed by atoms with Crippen LogP contribution in [-0.4, -0.2) is 47.2 Å². The van der Waals surface area contributed by atoms with E-state index in [0.29, 0.717) is 41.5 Å². The number of ether oxygens (including phenoxy) is 2. The lowest BCUT2D eigenvalue weighted by atomic mass is 9.98. The molecule has 1 aromatic heterocycles. The molecule has 1 aliphatic heterocycles. The smallest absolute Gasteiger partial charge is 0.410 e. The van der Waals surface area contributed by atoms with Gasteiger partial charge in [0, 0.05) is 47.6 Å². The molecule has 1 fully saturated rings. The van der Waals surface area contributed by atoms with E-state index in [1.807, 2.05) is 70.2 Å². The van der Waals surface area contributed by atoms with E-state index in [2.05, 4.69) is 10.3 Å². The van der Waals surface area contributed by atoms with Crippen molar-refractivity contribution in [3.63, 3.8) is 0 Å². The maximum absolute atomic E-state index is 13.1. The first-order valence-electron chi connectivity index (χ1n) is 12.9. The monoisotopic (exact) mass is 550 g/mol. The molecule has 2 heterocycles. The molecule has 4 rings (SSSR count). The number of aromatic nitrogens is 1. The van der Waals surface area contributed by atoms with Crippen LogP contribution in [0.15, 0.2) is 48.7 Å². The SMILES string of the molecule is COc1cc(-c2nccc(-c3cccc(N)c3C)c2Cl)ccc1CN(C[C@@H]1CCC(=O)N1)C(=O)OC(C)(C)C. The number of nitrogen functional groups attached to an aromatic ring is 1. The molecule has 0 unspecified atom stereocenters. The van der Waals surface area contributed by atoms with E-state index in [1.165, 1.54) is 0 Å². The first-order chi connectivity index (χ1) is 18.5. The number of nitrogens with two attached hydrogens (primary N) is 1. The van der Waals surface area contributed by atoms with Gasteiger partial charge in [0.25, 0.3) is 0 Å². The van der Waals surface area contributed by atoms with Crippen molar-refractivity contribution in [1.82, 2.24) is 15.2 Å². The van der Waals surface area contributed by atoms with E-state index in [9.17, 15) is 9.59 Å². The molecule has 9 heteroatoms. The second-order valence-corrected chi connectivity index (χ2v) is 11.1. The molecular formula is C30H35ClN4O4. The van der Waals surface area contributed by atoms with Gasteiger partial charge in [0.15, 0.2) is 0 Å². The summed E-state index contributed by atoms with van der Waals surface area (Å²) in [5.74, 6) is 0.575. The molecule has 1 saturated heterocycles. The Morgan fingerprint density at radius 1 is 1.21 bits per heavy atom. The van der Waals surface area contributed by atoms with Crippen molar-refractivity contribution < 1.29 is 19.1 Å². The van der Waals surface area contributed by atoms with Crippen molar-refractivity contribution in [3.8, 4) is 28.1 Å². The second kappa shape index (κ2) is 11.5. The fraction of sp³-hybridized carbons (Fsp3) is 0.367. The molecule has 1 aliphatic rings. The van der Waals surface area contributed by atoms with E-state index in [1.54, 1.807) is 18.2 Å². The summed E-state index contributed by atoms with van der Waals surface area (Å²) in [5.41, 5.74) is 11.1. The van der Waals surface area contributed by atoms with Crippen LogP contribution in [0.1, 0.15) is 44.7 Å². The van der Waals surface area contributed by atoms with Crippen LogP contribution in [0.25, 0.3) is 22.4 Å². The Kier molecular flexibility index (Phi) is 8.35. The topological polar surface area (TPSA) is 107 Å². The number of anilines is 1. The Morgan fingerprint density at radius 2 is 1.97 bits per heavy atom. The van der Waals surface area contributed by atoms with Gasteiger partial charge in [0.1, 0.15) is 11.4 Å². The number of carbonyl (C=O) groups is 2. The number of rotatable bonds is 7. The minimum atomic E-state index is -0.655. The summed E-state index contributed by atoms with van der Waals surface area (Å²) < 4.78 is 11.4. The van der Waals surface area contributed by atoms with Gasteiger partial charge in [0.05, 0.1) is 24.4 Å². The molecule has 2 amide bonds. The molecule has 0 saturated carbocycles. The zero-order chi connectivity index (χ0) is 28.3. The van der Waals surface area contributed by atoms with E-state index in [0.717, 1.165) is 27.8 Å². The number of pyridine rings is 1. The first kappa shape index (κ1) is 28.2. The van der Waals surface area contributed by atoms with Gasteiger partial charge in [-0.05, 0) is 63.4 Å². The highest BCUT2D eigenvalue weighted by atomic mass is 35.5. The number of methoxy groups -OCH3 is 1. The van der Waals surface area contributed by atoms with Crippen molar-refractivity contribution >= 4 is 29.3 Å². The summed E-state index contributed by atoms with van der Waals surface area (Å²) in [5, 5.41) is 3.44. The van der Waals surface area contributed by atoms with Gasteiger partial charge >= 0.3 is 6.09 Å². The lowest BCUT2D eigenvalue weighted by Crippen LogP contribution is -2.43. The zero-order valence-corrected chi connectivity index (χ0v) is 23.8. The van der Waals surface area contributed by atoms with Crippen LogP contribution in [0.2, 0.25) is 5.02 Å². The minimum Gasteiger partial charge on any atom is -0.496 e. The molecule has 3 aromatic rings. The summed E-state index contributed by atoms with van der Waals surface area (Å²) in [7, 11) is 1.58. The Balaban J connectivity index is 1.65. The normalized spacial score (nSPS) is 15.1. The zero-order valence-electron chi connectivity index (χ0n) is 23.0. The average Bonchev–Trinajstić information content (AvgIpc) is 3.29. The van der Waals surface area contributed by atoms with Gasteiger partial charge in [-0.25, -0.2) is 4.79 Å². The van der Waals surface area contributed by atoms with Gasteiger partial charge < -0.3 is 25.4 Å². The van der Waals surface area contributed by atoms with Crippen LogP contribution in [0.3, 0.4) is 0 Å². The average molecular weight is 551 g/mol. The number of nitrogens with one attached hydrogen (secondary N) is 1. The lowest BCUT2D eigenvalue weighted by molar-refractivity contribution is -0.119. The number of benzene rings is 2. The predicted molar refractivity (Wildman–Crippen MR) is 154 cm³/mol.